The van der Waals surface area contributed by atoms with E-state index < -0.39 is 6.09 Å². The van der Waals surface area contributed by atoms with Crippen LogP contribution in [0.25, 0.3) is 10.2 Å². The van der Waals surface area contributed by atoms with E-state index in [0.717, 1.165) is 35.9 Å². The molecule has 1 heterocycles. The monoisotopic (exact) mass is 353 g/mol. The Morgan fingerprint density at radius 3 is 2.48 bits per heavy atom. The van der Waals surface area contributed by atoms with E-state index >= 15 is 0 Å². The molecule has 1 aromatic carbocycles. The molecule has 122 valence electrons. The minimum absolute atomic E-state index is 0.0229. The van der Waals surface area contributed by atoms with Crippen LogP contribution >= 0.6 is 22.9 Å². The van der Waals surface area contributed by atoms with Crippen molar-refractivity contribution in [1.82, 2.24) is 15.6 Å². The fourth-order valence-corrected chi connectivity index (χ4v) is 3.94. The molecule has 0 atom stereocenters. The summed E-state index contributed by atoms with van der Waals surface area (Å²) in [5.41, 5.74) is 0.763. The molecule has 1 aliphatic rings. The lowest BCUT2D eigenvalue weighted by molar-refractivity contribution is 0.0923. The van der Waals surface area contributed by atoms with Crippen LogP contribution < -0.4 is 10.6 Å². The summed E-state index contributed by atoms with van der Waals surface area (Å²) < 4.78 is 0.886. The summed E-state index contributed by atoms with van der Waals surface area (Å²) in [4.78, 5) is 27.3. The highest BCUT2D eigenvalue weighted by atomic mass is 35.5. The first-order valence-electron chi connectivity index (χ1n) is 7.37. The number of nitrogens with zero attached hydrogens (tertiary/aromatic N) is 1. The molecule has 0 spiro atoms. The van der Waals surface area contributed by atoms with E-state index in [0.29, 0.717) is 10.0 Å². The van der Waals surface area contributed by atoms with Gasteiger partial charge < -0.3 is 15.7 Å². The Morgan fingerprint density at radius 2 is 1.83 bits per heavy atom. The highest BCUT2D eigenvalue weighted by molar-refractivity contribution is 7.20. The molecule has 0 unspecified atom stereocenters. The van der Waals surface area contributed by atoms with Gasteiger partial charge in [0.2, 0.25) is 0 Å². The second kappa shape index (κ2) is 6.72. The van der Waals surface area contributed by atoms with Crippen molar-refractivity contribution in [2.75, 3.05) is 0 Å². The van der Waals surface area contributed by atoms with Crippen LogP contribution in [0.1, 0.15) is 35.5 Å². The quantitative estimate of drug-likeness (QED) is 0.789. The third kappa shape index (κ3) is 3.92. The molecule has 6 nitrogen and oxygen atoms in total. The van der Waals surface area contributed by atoms with Crippen molar-refractivity contribution < 1.29 is 14.7 Å². The van der Waals surface area contributed by atoms with E-state index in [1.807, 2.05) is 0 Å². The Labute approximate surface area is 141 Å². The minimum atomic E-state index is -0.995. The highest BCUT2D eigenvalue weighted by Crippen LogP contribution is 2.26. The molecule has 1 fully saturated rings. The van der Waals surface area contributed by atoms with Crippen LogP contribution in [0.2, 0.25) is 5.02 Å². The summed E-state index contributed by atoms with van der Waals surface area (Å²) in [6.07, 6.45) is 1.98. The third-order valence-corrected chi connectivity index (χ3v) is 5.19. The standard InChI is InChI=1S/C15H16ClN3O3S/c16-8-1-6-11-12(7-8)23-14(19-11)13(20)17-9-2-4-10(5-3-9)18-15(21)22/h1,6-7,9-10,18H,2-5H2,(H,17,20)(H,21,22). The molecule has 0 aliphatic heterocycles. The third-order valence-electron chi connectivity index (χ3n) is 3.93. The van der Waals surface area contributed by atoms with Gasteiger partial charge in [0.1, 0.15) is 0 Å². The van der Waals surface area contributed by atoms with Crippen molar-refractivity contribution in [3.05, 3.63) is 28.2 Å². The van der Waals surface area contributed by atoms with Crippen LogP contribution in [0.4, 0.5) is 4.79 Å². The van der Waals surface area contributed by atoms with E-state index in [1.165, 1.54) is 11.3 Å². The summed E-state index contributed by atoms with van der Waals surface area (Å²) in [6, 6.07) is 5.39. The number of carbonyl (C=O) groups is 2. The van der Waals surface area contributed by atoms with E-state index in [4.69, 9.17) is 16.7 Å². The van der Waals surface area contributed by atoms with Gasteiger partial charge in [-0.3, -0.25) is 4.79 Å². The highest BCUT2D eigenvalue weighted by Gasteiger charge is 2.24. The molecule has 1 aliphatic carbocycles. The van der Waals surface area contributed by atoms with Gasteiger partial charge in [0.05, 0.1) is 10.2 Å². The topological polar surface area (TPSA) is 91.3 Å². The molecule has 0 saturated heterocycles. The Hall–Kier alpha value is -1.86. The van der Waals surface area contributed by atoms with Crippen LogP contribution in [0.15, 0.2) is 18.2 Å². The molecule has 1 saturated carbocycles. The lowest BCUT2D eigenvalue weighted by Gasteiger charge is -2.28. The first-order chi connectivity index (χ1) is 11.0. The first kappa shape index (κ1) is 16.0. The Balaban J connectivity index is 1.59. The van der Waals surface area contributed by atoms with Gasteiger partial charge in [0.25, 0.3) is 5.91 Å². The molecule has 2 aromatic rings. The van der Waals surface area contributed by atoms with Crippen LogP contribution in [0.5, 0.6) is 0 Å². The van der Waals surface area contributed by atoms with Crippen molar-refractivity contribution in [3.8, 4) is 0 Å². The van der Waals surface area contributed by atoms with Crippen molar-refractivity contribution in [2.24, 2.45) is 0 Å². The van der Waals surface area contributed by atoms with Crippen molar-refractivity contribution in [2.45, 2.75) is 37.8 Å². The number of hydrogen-bond donors (Lipinski definition) is 3. The molecule has 8 heteroatoms. The van der Waals surface area contributed by atoms with Crippen molar-refractivity contribution in [3.63, 3.8) is 0 Å². The van der Waals surface area contributed by atoms with Gasteiger partial charge in [-0.05, 0) is 43.9 Å². The largest absolute Gasteiger partial charge is 0.465 e. The number of nitrogens with one attached hydrogen (secondary N) is 2. The number of thiazole rings is 1. The maximum atomic E-state index is 12.3. The number of amides is 2. The first-order valence-corrected chi connectivity index (χ1v) is 8.57. The van der Waals surface area contributed by atoms with E-state index in [1.54, 1.807) is 18.2 Å². The van der Waals surface area contributed by atoms with Crippen molar-refractivity contribution in [1.29, 1.82) is 0 Å². The van der Waals surface area contributed by atoms with Crippen LogP contribution in [-0.4, -0.2) is 34.2 Å². The van der Waals surface area contributed by atoms with Crippen LogP contribution in [0.3, 0.4) is 0 Å². The Bertz CT molecular complexity index is 741. The predicted octanol–water partition coefficient (Wildman–Crippen LogP) is 3.26. The zero-order chi connectivity index (χ0) is 16.4. The van der Waals surface area contributed by atoms with Gasteiger partial charge in [0, 0.05) is 17.1 Å². The molecule has 2 amide bonds. The molecule has 0 bridgehead atoms. The average Bonchev–Trinajstić information content (AvgIpc) is 2.92. The number of fused-ring (bicyclic) bond motifs is 1. The lowest BCUT2D eigenvalue weighted by Crippen LogP contribution is -2.43. The second-order valence-corrected chi connectivity index (χ2v) is 7.07. The lowest BCUT2D eigenvalue weighted by atomic mass is 9.91. The number of aromatic nitrogens is 1. The van der Waals surface area contributed by atoms with Gasteiger partial charge in [-0.15, -0.1) is 11.3 Å². The molecule has 0 radical (unpaired) electrons. The zero-order valence-electron chi connectivity index (χ0n) is 12.2. The number of hydrogen-bond acceptors (Lipinski definition) is 4. The molecule has 23 heavy (non-hydrogen) atoms. The van der Waals surface area contributed by atoms with Crippen LogP contribution in [-0.2, 0) is 0 Å². The summed E-state index contributed by atoms with van der Waals surface area (Å²) in [5.74, 6) is -0.183. The average molecular weight is 354 g/mol. The van der Waals surface area contributed by atoms with Gasteiger partial charge in [-0.25, -0.2) is 9.78 Å². The fourth-order valence-electron chi connectivity index (χ4n) is 2.80. The number of carboxylic acid groups (broad SMARTS) is 1. The second-order valence-electron chi connectivity index (χ2n) is 5.60. The van der Waals surface area contributed by atoms with E-state index in [2.05, 4.69) is 15.6 Å². The predicted molar refractivity (Wildman–Crippen MR) is 89.3 cm³/mol. The minimum Gasteiger partial charge on any atom is -0.465 e. The molecular formula is C15H16ClN3O3S. The fraction of sp³-hybridized carbons (Fsp3) is 0.400. The normalized spacial score (nSPS) is 21.1. The molecular weight excluding hydrogens is 338 g/mol. The summed E-state index contributed by atoms with van der Waals surface area (Å²) in [5, 5.41) is 15.2. The summed E-state index contributed by atoms with van der Waals surface area (Å²) >= 11 is 7.26. The van der Waals surface area contributed by atoms with Crippen LogP contribution in [0, 0.1) is 0 Å². The summed E-state index contributed by atoms with van der Waals surface area (Å²) in [7, 11) is 0. The van der Waals surface area contributed by atoms with Gasteiger partial charge in [0.15, 0.2) is 5.01 Å². The van der Waals surface area contributed by atoms with E-state index in [-0.39, 0.29) is 18.0 Å². The van der Waals surface area contributed by atoms with E-state index in [9.17, 15) is 9.59 Å². The maximum absolute atomic E-state index is 12.3. The number of halogens is 1. The molecule has 3 N–H and O–H groups in total. The van der Waals surface area contributed by atoms with Gasteiger partial charge in [-0.2, -0.15) is 0 Å². The SMILES string of the molecule is O=C(O)NC1CCC(NC(=O)c2nc3ccc(Cl)cc3s2)CC1. The molecule has 3 rings (SSSR count). The van der Waals surface area contributed by atoms with Crippen molar-refractivity contribution >= 4 is 45.2 Å². The number of benzene rings is 1. The number of rotatable bonds is 3. The Morgan fingerprint density at radius 1 is 1.17 bits per heavy atom. The zero-order valence-corrected chi connectivity index (χ0v) is 13.8. The number of carbonyl (C=O) groups excluding carboxylic acids is 1. The summed E-state index contributed by atoms with van der Waals surface area (Å²) in [6.45, 7) is 0. The molecule has 1 aromatic heterocycles. The smallest absolute Gasteiger partial charge is 0.404 e. The maximum Gasteiger partial charge on any atom is 0.404 e. The Kier molecular flexibility index (Phi) is 4.68. The van der Waals surface area contributed by atoms with Gasteiger partial charge >= 0.3 is 6.09 Å². The van der Waals surface area contributed by atoms with Gasteiger partial charge in [-0.1, -0.05) is 11.6 Å².